The zero-order valence-corrected chi connectivity index (χ0v) is 19.0. The quantitative estimate of drug-likeness (QED) is 0.0994. The topological polar surface area (TPSA) is 0 Å². The van der Waals surface area contributed by atoms with Crippen LogP contribution in [0.3, 0.4) is 0 Å². The van der Waals surface area contributed by atoms with Crippen LogP contribution in [0.1, 0.15) is 135 Å². The summed E-state index contributed by atoms with van der Waals surface area (Å²) in [4.78, 5) is 0. The predicted octanol–water partition coefficient (Wildman–Crippen LogP) is 9.76. The van der Waals surface area contributed by atoms with Gasteiger partial charge in [-0.2, -0.15) is 0 Å². The molecule has 0 heterocycles. The number of hydrogen-bond acceptors (Lipinski definition) is 0. The van der Waals surface area contributed by atoms with E-state index in [9.17, 15) is 0 Å². The molecule has 0 aromatic heterocycles. The normalized spacial score (nSPS) is 11.6. The summed E-state index contributed by atoms with van der Waals surface area (Å²) in [5.41, 5.74) is 0. The van der Waals surface area contributed by atoms with Crippen LogP contribution in [-0.2, 0) is 0 Å². The third-order valence-electron chi connectivity index (χ3n) is 5.15. The molecular formula is C24H47Br. The molecule has 0 aliphatic rings. The molecule has 0 radical (unpaired) electrons. The summed E-state index contributed by atoms with van der Waals surface area (Å²) in [6.45, 7) is 2.29. The molecule has 25 heavy (non-hydrogen) atoms. The Hall–Kier alpha value is 0.220. The van der Waals surface area contributed by atoms with E-state index in [4.69, 9.17) is 0 Å². The zero-order valence-electron chi connectivity index (χ0n) is 17.4. The average Bonchev–Trinajstić information content (AvgIpc) is 2.63. The third kappa shape index (κ3) is 24.2. The summed E-state index contributed by atoms with van der Waals surface area (Å²) in [6, 6.07) is 0. The Morgan fingerprint density at radius 2 is 0.760 bits per heavy atom. The number of halogens is 1. The number of unbranched alkanes of at least 4 members (excludes halogenated alkanes) is 18. The predicted molar refractivity (Wildman–Crippen MR) is 121 cm³/mol. The Bertz CT molecular complexity index is 246. The molecule has 0 bridgehead atoms. The first-order valence-electron chi connectivity index (χ1n) is 11.6. The third-order valence-corrected chi connectivity index (χ3v) is 5.71. The van der Waals surface area contributed by atoms with Crippen LogP contribution >= 0.6 is 15.9 Å². The molecule has 0 atom stereocenters. The van der Waals surface area contributed by atoms with Crippen LogP contribution < -0.4 is 0 Å². The zero-order chi connectivity index (χ0) is 18.3. The van der Waals surface area contributed by atoms with Gasteiger partial charge in [-0.15, -0.1) is 0 Å². The highest BCUT2D eigenvalue weighted by molar-refractivity contribution is 9.09. The highest BCUT2D eigenvalue weighted by Gasteiger charge is 1.94. The minimum Gasteiger partial charge on any atom is -0.0928 e. The summed E-state index contributed by atoms with van der Waals surface area (Å²) >= 11 is 3.50. The van der Waals surface area contributed by atoms with Crippen molar-refractivity contribution in [2.24, 2.45) is 0 Å². The van der Waals surface area contributed by atoms with Crippen LogP contribution in [0.25, 0.3) is 0 Å². The standard InChI is InChI=1S/C24H47Br/c1-2-3-4-5-6-7-8-9-10-11-12-13-14-15-16-17-18-19-20-21-22-23-24-25/h8-9H,2-7,10-24H2,1H3/b9-8-. The Balaban J connectivity index is 3.02. The van der Waals surface area contributed by atoms with Gasteiger partial charge in [0, 0.05) is 5.33 Å². The summed E-state index contributed by atoms with van der Waals surface area (Å²) in [5.74, 6) is 0. The molecule has 150 valence electrons. The molecule has 0 rings (SSSR count). The SMILES string of the molecule is CCCCCCC/C=C\CCCCCCCCCCCCCCCBr. The molecule has 0 spiro atoms. The van der Waals surface area contributed by atoms with Gasteiger partial charge in [-0.05, 0) is 32.1 Å². The van der Waals surface area contributed by atoms with Crippen molar-refractivity contribution in [2.75, 3.05) is 5.33 Å². The van der Waals surface area contributed by atoms with E-state index in [1.807, 2.05) is 0 Å². The van der Waals surface area contributed by atoms with E-state index in [-0.39, 0.29) is 0 Å². The smallest absolute Gasteiger partial charge is 0.00313 e. The van der Waals surface area contributed by atoms with Gasteiger partial charge >= 0.3 is 0 Å². The summed E-state index contributed by atoms with van der Waals surface area (Å²) in [5, 5.41) is 1.18. The lowest BCUT2D eigenvalue weighted by Crippen LogP contribution is -1.83. The summed E-state index contributed by atoms with van der Waals surface area (Å²) < 4.78 is 0. The molecule has 0 nitrogen and oxygen atoms in total. The van der Waals surface area contributed by atoms with Crippen molar-refractivity contribution in [3.05, 3.63) is 12.2 Å². The van der Waals surface area contributed by atoms with Gasteiger partial charge in [-0.25, -0.2) is 0 Å². The van der Waals surface area contributed by atoms with Crippen LogP contribution in [0.2, 0.25) is 0 Å². The molecular weight excluding hydrogens is 368 g/mol. The minimum atomic E-state index is 1.18. The van der Waals surface area contributed by atoms with Gasteiger partial charge in [0.1, 0.15) is 0 Å². The Labute approximate surface area is 168 Å². The molecule has 0 aromatic carbocycles. The fourth-order valence-electron chi connectivity index (χ4n) is 3.40. The van der Waals surface area contributed by atoms with Crippen molar-refractivity contribution in [1.82, 2.24) is 0 Å². The fourth-order valence-corrected chi connectivity index (χ4v) is 3.80. The van der Waals surface area contributed by atoms with E-state index in [0.29, 0.717) is 0 Å². The van der Waals surface area contributed by atoms with E-state index in [1.54, 1.807) is 0 Å². The van der Waals surface area contributed by atoms with Gasteiger partial charge < -0.3 is 0 Å². The molecule has 1 heteroatoms. The second-order valence-electron chi connectivity index (χ2n) is 7.75. The minimum absolute atomic E-state index is 1.18. The van der Waals surface area contributed by atoms with E-state index in [1.165, 1.54) is 134 Å². The first-order chi connectivity index (χ1) is 12.4. The van der Waals surface area contributed by atoms with Crippen LogP contribution in [0, 0.1) is 0 Å². The Kier molecular flexibility index (Phi) is 24.4. The van der Waals surface area contributed by atoms with Crippen LogP contribution in [0.4, 0.5) is 0 Å². The molecule has 0 aliphatic carbocycles. The van der Waals surface area contributed by atoms with E-state index >= 15 is 0 Å². The second-order valence-corrected chi connectivity index (χ2v) is 8.54. The van der Waals surface area contributed by atoms with E-state index in [2.05, 4.69) is 35.0 Å². The highest BCUT2D eigenvalue weighted by Crippen LogP contribution is 2.13. The second kappa shape index (κ2) is 24.2. The number of allylic oxidation sites excluding steroid dienone is 2. The Morgan fingerprint density at radius 3 is 1.12 bits per heavy atom. The molecule has 0 unspecified atom stereocenters. The van der Waals surface area contributed by atoms with Crippen molar-refractivity contribution in [3.8, 4) is 0 Å². The molecule has 0 fully saturated rings. The number of alkyl halides is 1. The lowest BCUT2D eigenvalue weighted by molar-refractivity contribution is 0.540. The van der Waals surface area contributed by atoms with E-state index < -0.39 is 0 Å². The maximum absolute atomic E-state index is 3.50. The van der Waals surface area contributed by atoms with Crippen LogP contribution in [0.15, 0.2) is 12.2 Å². The van der Waals surface area contributed by atoms with Crippen molar-refractivity contribution >= 4 is 15.9 Å². The molecule has 0 aromatic rings. The largest absolute Gasteiger partial charge is 0.0928 e. The lowest BCUT2D eigenvalue weighted by Gasteiger charge is -2.02. The maximum atomic E-state index is 3.50. The van der Waals surface area contributed by atoms with Crippen molar-refractivity contribution in [2.45, 2.75) is 135 Å². The molecule has 0 saturated carbocycles. The van der Waals surface area contributed by atoms with Gasteiger partial charge in [0.2, 0.25) is 0 Å². The average molecular weight is 416 g/mol. The Morgan fingerprint density at radius 1 is 0.440 bits per heavy atom. The molecule has 0 N–H and O–H groups in total. The van der Waals surface area contributed by atoms with Gasteiger partial charge in [0.15, 0.2) is 0 Å². The van der Waals surface area contributed by atoms with Crippen molar-refractivity contribution in [3.63, 3.8) is 0 Å². The first kappa shape index (κ1) is 25.2. The number of hydrogen-bond donors (Lipinski definition) is 0. The highest BCUT2D eigenvalue weighted by atomic mass is 79.9. The van der Waals surface area contributed by atoms with Gasteiger partial charge in [0.25, 0.3) is 0 Å². The fraction of sp³-hybridized carbons (Fsp3) is 0.917. The van der Waals surface area contributed by atoms with Crippen LogP contribution in [-0.4, -0.2) is 5.33 Å². The van der Waals surface area contributed by atoms with Crippen molar-refractivity contribution in [1.29, 1.82) is 0 Å². The van der Waals surface area contributed by atoms with Gasteiger partial charge in [-0.3, -0.25) is 0 Å². The first-order valence-corrected chi connectivity index (χ1v) is 12.7. The monoisotopic (exact) mass is 414 g/mol. The molecule has 0 amide bonds. The lowest BCUT2D eigenvalue weighted by atomic mass is 10.0. The summed E-state index contributed by atoms with van der Waals surface area (Å²) in [6.07, 6.45) is 33.3. The number of rotatable bonds is 21. The van der Waals surface area contributed by atoms with Gasteiger partial charge in [-0.1, -0.05) is 131 Å². The molecule has 0 saturated heterocycles. The van der Waals surface area contributed by atoms with E-state index in [0.717, 1.165) is 0 Å². The maximum Gasteiger partial charge on any atom is 0.00313 e. The molecule has 0 aliphatic heterocycles. The van der Waals surface area contributed by atoms with Gasteiger partial charge in [0.05, 0.1) is 0 Å². The van der Waals surface area contributed by atoms with Crippen LogP contribution in [0.5, 0.6) is 0 Å². The van der Waals surface area contributed by atoms with Crippen molar-refractivity contribution < 1.29 is 0 Å². The summed E-state index contributed by atoms with van der Waals surface area (Å²) in [7, 11) is 0.